The van der Waals surface area contributed by atoms with Crippen molar-refractivity contribution in [1.29, 1.82) is 0 Å². The third-order valence-electron chi connectivity index (χ3n) is 5.68. The summed E-state index contributed by atoms with van der Waals surface area (Å²) in [6.45, 7) is 6.50. The molecule has 1 aromatic carbocycles. The SMILES string of the molecule is CC1(C)C(NC(=O)c2cc3ccc(F)c(F)c3s2)C2CCN1CC2. The van der Waals surface area contributed by atoms with Crippen LogP contribution in [0.25, 0.3) is 10.1 Å². The maximum absolute atomic E-state index is 13.9. The molecule has 3 aliphatic heterocycles. The molecule has 2 aromatic rings. The average Bonchev–Trinajstić information content (AvgIpc) is 3.00. The summed E-state index contributed by atoms with van der Waals surface area (Å²) in [7, 11) is 0. The minimum atomic E-state index is -0.880. The number of piperidine rings is 3. The molecule has 24 heavy (non-hydrogen) atoms. The third kappa shape index (κ3) is 2.35. The van der Waals surface area contributed by atoms with Crippen molar-refractivity contribution in [1.82, 2.24) is 10.2 Å². The number of amides is 1. The van der Waals surface area contributed by atoms with E-state index in [9.17, 15) is 13.6 Å². The molecule has 128 valence electrons. The van der Waals surface area contributed by atoms with Crippen LogP contribution in [0.4, 0.5) is 8.78 Å². The van der Waals surface area contributed by atoms with Crippen LogP contribution in [0.3, 0.4) is 0 Å². The number of benzene rings is 1. The van der Waals surface area contributed by atoms with E-state index in [-0.39, 0.29) is 22.2 Å². The molecule has 3 saturated heterocycles. The van der Waals surface area contributed by atoms with E-state index in [1.54, 1.807) is 6.07 Å². The summed E-state index contributed by atoms with van der Waals surface area (Å²) in [6.07, 6.45) is 2.20. The zero-order chi connectivity index (χ0) is 17.1. The molecule has 3 fully saturated rings. The highest BCUT2D eigenvalue weighted by Gasteiger charge is 2.48. The Morgan fingerprint density at radius 1 is 1.29 bits per heavy atom. The van der Waals surface area contributed by atoms with Crippen molar-refractivity contribution >= 4 is 27.3 Å². The lowest BCUT2D eigenvalue weighted by Crippen LogP contribution is -2.69. The number of hydrogen-bond acceptors (Lipinski definition) is 3. The summed E-state index contributed by atoms with van der Waals surface area (Å²) in [5.41, 5.74) is -0.0785. The first-order chi connectivity index (χ1) is 11.4. The normalized spacial score (nSPS) is 28.2. The highest BCUT2D eigenvalue weighted by Crippen LogP contribution is 2.39. The zero-order valence-electron chi connectivity index (χ0n) is 13.7. The van der Waals surface area contributed by atoms with Crippen LogP contribution in [0.5, 0.6) is 0 Å². The molecule has 0 aliphatic carbocycles. The molecule has 5 rings (SSSR count). The van der Waals surface area contributed by atoms with Crippen LogP contribution in [-0.4, -0.2) is 35.5 Å². The lowest BCUT2D eigenvalue weighted by molar-refractivity contribution is -0.0377. The quantitative estimate of drug-likeness (QED) is 0.894. The molecular weight excluding hydrogens is 330 g/mol. The van der Waals surface area contributed by atoms with Crippen LogP contribution in [-0.2, 0) is 0 Å². The van der Waals surface area contributed by atoms with Crippen LogP contribution in [0.2, 0.25) is 0 Å². The standard InChI is InChI=1S/C18H20F2N2OS/c1-18(2)16(10-5-7-22(18)8-6-10)21-17(23)13-9-11-3-4-12(19)14(20)15(11)24-13/h3-4,9-10,16H,5-8H2,1-2H3,(H,21,23). The molecule has 6 heteroatoms. The van der Waals surface area contributed by atoms with Crippen LogP contribution in [0.1, 0.15) is 36.4 Å². The summed E-state index contributed by atoms with van der Waals surface area (Å²) in [6, 6.07) is 4.34. The van der Waals surface area contributed by atoms with Gasteiger partial charge in [-0.25, -0.2) is 8.78 Å². The second-order valence-corrected chi connectivity index (χ2v) is 8.37. The van der Waals surface area contributed by atoms with Crippen LogP contribution < -0.4 is 5.32 Å². The number of rotatable bonds is 2. The Labute approximate surface area is 143 Å². The molecule has 0 saturated carbocycles. The monoisotopic (exact) mass is 350 g/mol. The van der Waals surface area contributed by atoms with Crippen molar-refractivity contribution in [2.24, 2.45) is 5.92 Å². The van der Waals surface area contributed by atoms with Crippen LogP contribution in [0.15, 0.2) is 18.2 Å². The molecular formula is C18H20F2N2OS. The molecule has 1 aromatic heterocycles. The van der Waals surface area contributed by atoms with E-state index < -0.39 is 11.6 Å². The summed E-state index contributed by atoms with van der Waals surface area (Å²) < 4.78 is 27.4. The van der Waals surface area contributed by atoms with E-state index in [2.05, 4.69) is 24.1 Å². The predicted octanol–water partition coefficient (Wildman–Crippen LogP) is 3.78. The first-order valence-electron chi connectivity index (χ1n) is 8.31. The van der Waals surface area contributed by atoms with Gasteiger partial charge in [-0.1, -0.05) is 6.07 Å². The minimum Gasteiger partial charge on any atom is -0.346 e. The highest BCUT2D eigenvalue weighted by molar-refractivity contribution is 7.20. The van der Waals surface area contributed by atoms with Gasteiger partial charge in [0.1, 0.15) is 0 Å². The maximum Gasteiger partial charge on any atom is 0.261 e. The van der Waals surface area contributed by atoms with Crippen molar-refractivity contribution in [3.63, 3.8) is 0 Å². The van der Waals surface area contributed by atoms with Crippen molar-refractivity contribution < 1.29 is 13.6 Å². The van der Waals surface area contributed by atoms with Gasteiger partial charge in [-0.05, 0) is 63.2 Å². The Bertz CT molecular complexity index is 809. The number of carbonyl (C=O) groups excluding carboxylic acids is 1. The lowest BCUT2D eigenvalue weighted by atomic mass is 9.72. The van der Waals surface area contributed by atoms with Crippen LogP contribution in [0, 0.1) is 17.6 Å². The van der Waals surface area contributed by atoms with E-state index >= 15 is 0 Å². The number of nitrogens with one attached hydrogen (secondary N) is 1. The van der Waals surface area contributed by atoms with Crippen LogP contribution >= 0.6 is 11.3 Å². The molecule has 1 atom stereocenters. The van der Waals surface area contributed by atoms with Crippen molar-refractivity contribution in [3.05, 3.63) is 34.7 Å². The fourth-order valence-electron chi connectivity index (χ4n) is 4.25. The van der Waals surface area contributed by atoms with Gasteiger partial charge >= 0.3 is 0 Å². The number of halogens is 2. The molecule has 1 unspecified atom stereocenters. The van der Waals surface area contributed by atoms with Gasteiger partial charge in [0.15, 0.2) is 11.6 Å². The molecule has 1 N–H and O–H groups in total. The topological polar surface area (TPSA) is 32.3 Å². The number of carbonyl (C=O) groups is 1. The van der Waals surface area contributed by atoms with Crippen molar-refractivity contribution in [2.75, 3.05) is 13.1 Å². The van der Waals surface area contributed by atoms with Gasteiger partial charge in [0.05, 0.1) is 9.58 Å². The summed E-state index contributed by atoms with van der Waals surface area (Å²) >= 11 is 1.01. The zero-order valence-corrected chi connectivity index (χ0v) is 14.6. The fourth-order valence-corrected chi connectivity index (χ4v) is 5.24. The Hall–Kier alpha value is -1.53. The number of thiophene rings is 1. The number of nitrogens with zero attached hydrogens (tertiary/aromatic N) is 1. The maximum atomic E-state index is 13.9. The third-order valence-corrected chi connectivity index (χ3v) is 6.82. The van der Waals surface area contributed by atoms with E-state index in [1.165, 1.54) is 6.07 Å². The second kappa shape index (κ2) is 5.49. The molecule has 4 heterocycles. The van der Waals surface area contributed by atoms with Crippen molar-refractivity contribution in [2.45, 2.75) is 38.3 Å². The van der Waals surface area contributed by atoms with Gasteiger partial charge in [-0.15, -0.1) is 11.3 Å². The summed E-state index contributed by atoms with van der Waals surface area (Å²) in [5, 5.41) is 3.73. The largest absolute Gasteiger partial charge is 0.346 e. The van der Waals surface area contributed by atoms with Gasteiger partial charge in [0.25, 0.3) is 5.91 Å². The fraction of sp³-hybridized carbons (Fsp3) is 0.500. The first kappa shape index (κ1) is 16.0. The van der Waals surface area contributed by atoms with E-state index in [4.69, 9.17) is 0 Å². The minimum absolute atomic E-state index is 0.0785. The molecule has 3 nitrogen and oxygen atoms in total. The Kier molecular flexibility index (Phi) is 3.65. The molecule has 2 bridgehead atoms. The van der Waals surface area contributed by atoms with Crippen molar-refractivity contribution in [3.8, 4) is 0 Å². The van der Waals surface area contributed by atoms with E-state index in [0.717, 1.165) is 43.3 Å². The van der Waals surface area contributed by atoms with E-state index in [0.29, 0.717) is 16.2 Å². The van der Waals surface area contributed by atoms with E-state index in [1.807, 2.05) is 0 Å². The van der Waals surface area contributed by atoms with Gasteiger partial charge in [0, 0.05) is 11.6 Å². The smallest absolute Gasteiger partial charge is 0.261 e. The summed E-state index contributed by atoms with van der Waals surface area (Å²) in [4.78, 5) is 15.6. The van der Waals surface area contributed by atoms with Gasteiger partial charge in [-0.3, -0.25) is 9.69 Å². The van der Waals surface area contributed by atoms with Gasteiger partial charge < -0.3 is 5.32 Å². The molecule has 3 aliphatic rings. The number of fused-ring (bicyclic) bond motifs is 4. The summed E-state index contributed by atoms with van der Waals surface area (Å²) in [5.74, 6) is -1.46. The van der Waals surface area contributed by atoms with Gasteiger partial charge in [-0.2, -0.15) is 0 Å². The second-order valence-electron chi connectivity index (χ2n) is 7.32. The Morgan fingerprint density at radius 2 is 2.00 bits per heavy atom. The number of hydrogen-bond donors (Lipinski definition) is 1. The predicted molar refractivity (Wildman–Crippen MR) is 91.4 cm³/mol. The average molecular weight is 350 g/mol. The molecule has 0 radical (unpaired) electrons. The lowest BCUT2D eigenvalue weighted by Gasteiger charge is -2.56. The molecule has 0 spiro atoms. The Morgan fingerprint density at radius 3 is 2.67 bits per heavy atom. The first-order valence-corrected chi connectivity index (χ1v) is 9.13. The molecule has 1 amide bonds. The Balaban J connectivity index is 1.61. The van der Waals surface area contributed by atoms with Gasteiger partial charge in [0.2, 0.25) is 0 Å². The highest BCUT2D eigenvalue weighted by atomic mass is 32.1.